The molecule has 2 heterocycles. The first-order valence-electron chi connectivity index (χ1n) is 22.4. The number of carbonyl (C=O) groups excluding carboxylic acids is 1. The van der Waals surface area contributed by atoms with Crippen LogP contribution in [0.1, 0.15) is 84.8 Å². The molecular weight excluding hydrogens is 883 g/mol. The summed E-state index contributed by atoms with van der Waals surface area (Å²) in [5.74, 6) is 0.190. The molecule has 2 saturated heterocycles. The first kappa shape index (κ1) is 55.8. The van der Waals surface area contributed by atoms with Crippen LogP contribution in [0, 0.1) is 72.5 Å². The van der Waals surface area contributed by atoms with Gasteiger partial charge in [-0.1, -0.05) is 89.6 Å². The van der Waals surface area contributed by atoms with Gasteiger partial charge in [-0.3, -0.25) is 20.2 Å². The van der Waals surface area contributed by atoms with Crippen molar-refractivity contribution in [3.05, 3.63) is 110 Å². The minimum absolute atomic E-state index is 0.0369. The van der Waals surface area contributed by atoms with Gasteiger partial charge < -0.3 is 30.0 Å². The number of benzene rings is 3. The molecule has 18 nitrogen and oxygen atoms in total. The van der Waals surface area contributed by atoms with Gasteiger partial charge in [0, 0.05) is 63.3 Å². The van der Waals surface area contributed by atoms with E-state index in [0.29, 0.717) is 58.5 Å². The van der Waals surface area contributed by atoms with Crippen LogP contribution in [-0.2, 0) is 30.7 Å². The van der Waals surface area contributed by atoms with Gasteiger partial charge in [0.1, 0.15) is 6.10 Å². The van der Waals surface area contributed by atoms with Crippen molar-refractivity contribution in [1.82, 2.24) is 14.9 Å². The lowest BCUT2D eigenvalue weighted by Crippen LogP contribution is -2.50. The van der Waals surface area contributed by atoms with Crippen molar-refractivity contribution < 1.29 is 42.4 Å². The third kappa shape index (κ3) is 19.3. The number of alkyl carbamates (subject to hydrolysis) is 1. The largest absolute Gasteiger partial charge is 0.443 e. The number of sulfonamides is 1. The van der Waals surface area contributed by atoms with E-state index in [4.69, 9.17) is 24.7 Å². The van der Waals surface area contributed by atoms with Crippen LogP contribution in [0.4, 0.5) is 16.2 Å². The molecule has 5 rings (SSSR count). The Labute approximate surface area is 395 Å². The minimum atomic E-state index is -3.77. The Morgan fingerprint density at radius 3 is 2.03 bits per heavy atom. The number of rotatable bonds is 21. The summed E-state index contributed by atoms with van der Waals surface area (Å²) >= 11 is 0. The number of aliphatic hydroxyl groups excluding tert-OH is 1. The van der Waals surface area contributed by atoms with Crippen LogP contribution in [0.5, 0.6) is 0 Å². The lowest BCUT2D eigenvalue weighted by atomic mass is 9.88. The fourth-order valence-electron chi connectivity index (χ4n) is 7.37. The molecule has 3 aromatic carbocycles. The maximum absolute atomic E-state index is 13.0. The third-order valence-electron chi connectivity index (χ3n) is 11.2. The zero-order valence-electron chi connectivity index (χ0n) is 39.6. The molecule has 5 atom stereocenters. The highest BCUT2D eigenvalue weighted by atomic mass is 32.2. The van der Waals surface area contributed by atoms with E-state index in [1.807, 2.05) is 65.0 Å². The summed E-state index contributed by atoms with van der Waals surface area (Å²) in [6.07, 6.45) is 1.53. The number of aliphatic hydroxyl groups is 1. The van der Waals surface area contributed by atoms with Crippen LogP contribution in [0.3, 0.4) is 0 Å². The number of ether oxygens (including phenoxy) is 3. The molecule has 2 aliphatic rings. The molecule has 0 radical (unpaired) electrons. The highest BCUT2D eigenvalue weighted by Gasteiger charge is 2.44. The summed E-state index contributed by atoms with van der Waals surface area (Å²) in [6.45, 7) is 16.3. The molecule has 2 aliphatic heterocycles. The zero-order valence-corrected chi connectivity index (χ0v) is 40.4. The normalized spacial score (nSPS) is 17.6. The van der Waals surface area contributed by atoms with Crippen LogP contribution < -0.4 is 10.6 Å². The van der Waals surface area contributed by atoms with Gasteiger partial charge in [0.2, 0.25) is 10.0 Å². The number of nitriles is 2. The van der Waals surface area contributed by atoms with Gasteiger partial charge in [-0.05, 0) is 67.1 Å². The number of nitro benzene ring substituents is 2. The van der Waals surface area contributed by atoms with Crippen molar-refractivity contribution in [3.8, 4) is 12.1 Å². The SMILES string of the molecule is CC(C)(CCC#N)CNC[C@@H](O)[C@H](Cc1ccccc1)NC(=O)O[C@H]1CO[C@H]2OCC[C@H]21.CC(C)CN(CC(C)(C)CCC#N)S(=O)(=O)c1ccc([N+](=O)[O-])cc1.Cc1ccc([N+](=O)[O-])cc1. The van der Waals surface area contributed by atoms with E-state index in [1.165, 1.54) is 40.7 Å². The molecule has 0 aromatic heterocycles. The quantitative estimate of drug-likeness (QED) is 0.0679. The Morgan fingerprint density at radius 2 is 1.48 bits per heavy atom. The van der Waals surface area contributed by atoms with Crippen LogP contribution in [0.15, 0.2) is 83.8 Å². The van der Waals surface area contributed by atoms with Crippen LogP contribution in [-0.4, -0.2) is 97.7 Å². The summed E-state index contributed by atoms with van der Waals surface area (Å²) in [5, 5.41) is 55.5. The molecule has 3 N–H and O–H groups in total. The predicted octanol–water partition coefficient (Wildman–Crippen LogP) is 7.84. The van der Waals surface area contributed by atoms with Crippen molar-refractivity contribution in [2.24, 2.45) is 22.7 Å². The maximum atomic E-state index is 13.0. The fraction of sp³-hybridized carbons (Fsp3) is 0.562. The predicted molar refractivity (Wildman–Crippen MR) is 252 cm³/mol. The number of fused-ring (bicyclic) bond motifs is 1. The van der Waals surface area contributed by atoms with E-state index in [2.05, 4.69) is 36.6 Å². The van der Waals surface area contributed by atoms with Crippen LogP contribution in [0.2, 0.25) is 0 Å². The van der Waals surface area contributed by atoms with Crippen molar-refractivity contribution in [1.29, 1.82) is 10.5 Å². The molecule has 0 spiro atoms. The highest BCUT2D eigenvalue weighted by Crippen LogP contribution is 2.33. The summed E-state index contributed by atoms with van der Waals surface area (Å²) < 4.78 is 44.1. The fourth-order valence-corrected chi connectivity index (χ4v) is 9.16. The second kappa shape index (κ2) is 26.7. The number of nitrogens with zero attached hydrogens (tertiary/aromatic N) is 5. The van der Waals surface area contributed by atoms with Crippen LogP contribution >= 0.6 is 0 Å². The van der Waals surface area contributed by atoms with Crippen molar-refractivity contribution >= 4 is 27.5 Å². The van der Waals surface area contributed by atoms with Gasteiger partial charge in [-0.2, -0.15) is 14.8 Å². The smallest absolute Gasteiger partial charge is 0.407 e. The lowest BCUT2D eigenvalue weighted by molar-refractivity contribution is -0.385. The van der Waals surface area contributed by atoms with Crippen molar-refractivity contribution in [2.45, 2.75) is 116 Å². The standard InChI is InChI=1S/C24H35N3O5.C17H25N3O4S.C7H7NO2/c1-24(2,10-6-11-25)16-26-14-20(28)19(13-17-7-4-3-5-8-17)27-23(29)32-21-15-31-22-18(21)9-12-30-22;1-14(2)12-19(13-17(3,4)10-5-11-18)25(23,24)16-8-6-15(7-9-16)20(21)22;1-6-2-4-7(5-3-6)8(9)10/h3-5,7-8,18-22,26,28H,6,9-10,12-16H2,1-2H3,(H,27,29);6-9,14H,5,10,12-13H2,1-4H3;2-5H,1H3/t18-,19-,20+,21-,22+;;/m0../s1. The molecule has 0 bridgehead atoms. The van der Waals surface area contributed by atoms with Gasteiger partial charge in [0.25, 0.3) is 11.4 Å². The van der Waals surface area contributed by atoms with E-state index in [-0.39, 0.29) is 57.9 Å². The molecule has 366 valence electrons. The number of nitro groups is 2. The summed E-state index contributed by atoms with van der Waals surface area (Å²) in [5.41, 5.74) is 1.64. The molecule has 1 amide bonds. The van der Waals surface area contributed by atoms with Gasteiger partial charge in [0.15, 0.2) is 6.29 Å². The molecule has 19 heteroatoms. The number of hydrogen-bond acceptors (Lipinski definition) is 14. The van der Waals surface area contributed by atoms with Crippen molar-refractivity contribution in [2.75, 3.05) is 39.4 Å². The number of non-ortho nitro benzene ring substituents is 2. The van der Waals surface area contributed by atoms with E-state index < -0.39 is 38.1 Å². The number of amides is 1. The monoisotopic (exact) mass is 949 g/mol. The molecule has 0 aliphatic carbocycles. The number of hydrogen-bond donors (Lipinski definition) is 3. The van der Waals surface area contributed by atoms with Gasteiger partial charge in [-0.15, -0.1) is 0 Å². The van der Waals surface area contributed by atoms with Crippen molar-refractivity contribution in [3.63, 3.8) is 0 Å². The molecule has 2 fully saturated rings. The Bertz CT molecular complexity index is 2210. The Hall–Kier alpha value is -5.54. The lowest BCUT2D eigenvalue weighted by Gasteiger charge is -2.32. The van der Waals surface area contributed by atoms with E-state index >= 15 is 0 Å². The Morgan fingerprint density at radius 1 is 0.910 bits per heavy atom. The summed E-state index contributed by atoms with van der Waals surface area (Å²) in [7, 11) is -3.77. The minimum Gasteiger partial charge on any atom is -0.443 e. The van der Waals surface area contributed by atoms with Gasteiger partial charge in [-0.25, -0.2) is 13.2 Å². The molecule has 3 aromatic rings. The first-order chi connectivity index (χ1) is 31.6. The van der Waals surface area contributed by atoms with E-state index in [9.17, 15) is 38.5 Å². The molecule has 67 heavy (non-hydrogen) atoms. The second-order valence-electron chi connectivity index (χ2n) is 18.8. The molecule has 0 unspecified atom stereocenters. The number of carbonyl (C=O) groups is 1. The Balaban J connectivity index is 0.000000301. The molecular formula is C48H67N7O11S. The topological polar surface area (TPSA) is 260 Å². The Kier molecular flexibility index (Phi) is 22.2. The average molecular weight is 950 g/mol. The van der Waals surface area contributed by atoms with Gasteiger partial charge >= 0.3 is 6.09 Å². The van der Waals surface area contributed by atoms with Gasteiger partial charge in [0.05, 0.1) is 58.2 Å². The number of nitrogens with one attached hydrogen (secondary N) is 2. The van der Waals surface area contributed by atoms with E-state index in [0.717, 1.165) is 24.0 Å². The number of aryl methyl sites for hydroxylation is 1. The summed E-state index contributed by atoms with van der Waals surface area (Å²) in [6, 6.07) is 24.8. The first-order valence-corrected chi connectivity index (χ1v) is 23.8. The van der Waals surface area contributed by atoms with E-state index in [1.54, 1.807) is 12.1 Å². The molecule has 0 saturated carbocycles. The maximum Gasteiger partial charge on any atom is 0.407 e. The second-order valence-corrected chi connectivity index (χ2v) is 20.7. The van der Waals surface area contributed by atoms with Crippen LogP contribution in [0.25, 0.3) is 0 Å². The third-order valence-corrected chi connectivity index (χ3v) is 13.0. The zero-order chi connectivity index (χ0) is 49.8. The average Bonchev–Trinajstić information content (AvgIpc) is 3.90. The summed E-state index contributed by atoms with van der Waals surface area (Å²) in [4.78, 5) is 32.6. The highest BCUT2D eigenvalue weighted by molar-refractivity contribution is 7.89.